The highest BCUT2D eigenvalue weighted by Gasteiger charge is 2.12. The minimum Gasteiger partial charge on any atom is -0.313 e. The van der Waals surface area contributed by atoms with Gasteiger partial charge in [-0.15, -0.1) is 23.2 Å². The Kier molecular flexibility index (Phi) is 4.05. The van der Waals surface area contributed by atoms with E-state index in [0.717, 1.165) is 0 Å². The van der Waals surface area contributed by atoms with E-state index in [1.165, 1.54) is 0 Å². The van der Waals surface area contributed by atoms with E-state index in [1.54, 1.807) is 0 Å². The molecule has 0 amide bonds. The van der Waals surface area contributed by atoms with Crippen molar-refractivity contribution in [1.82, 2.24) is 5.09 Å². The molecule has 0 spiro atoms. The van der Waals surface area contributed by atoms with Crippen LogP contribution in [0.3, 0.4) is 0 Å². The van der Waals surface area contributed by atoms with E-state index in [0.29, 0.717) is 0 Å². The molecule has 3 N–H and O–H groups in total. The van der Waals surface area contributed by atoms with Crippen LogP contribution in [0.25, 0.3) is 0 Å². The number of nitrogens with one attached hydrogen (secondary N) is 1. The summed E-state index contributed by atoms with van der Waals surface area (Å²) in [4.78, 5) is 15.5. The average molecular weight is 194 g/mol. The fourth-order valence-corrected chi connectivity index (χ4v) is 0.978. The summed E-state index contributed by atoms with van der Waals surface area (Å²) < 4.78 is 10.0. The number of hydrogen-bond acceptors (Lipinski definition) is 1. The van der Waals surface area contributed by atoms with E-state index < -0.39 is 12.6 Å². The molecule has 0 fully saturated rings. The molecule has 0 saturated carbocycles. The van der Waals surface area contributed by atoms with Crippen molar-refractivity contribution in [1.29, 1.82) is 0 Å². The Morgan fingerprint density at radius 2 is 2.00 bits per heavy atom. The fraction of sp³-hybridized carbons (Fsp3) is 1.00. The van der Waals surface area contributed by atoms with Gasteiger partial charge >= 0.3 is 7.75 Å². The maximum absolute atomic E-state index is 10.0. The Morgan fingerprint density at radius 1 is 1.56 bits per heavy atom. The maximum atomic E-state index is 10.0. The lowest BCUT2D eigenvalue weighted by atomic mass is 10.8. The van der Waals surface area contributed by atoms with Crippen molar-refractivity contribution in [2.45, 2.75) is 4.84 Å². The number of halogens is 2. The van der Waals surface area contributed by atoms with E-state index in [9.17, 15) is 4.57 Å². The van der Waals surface area contributed by atoms with Gasteiger partial charge in [-0.3, -0.25) is 0 Å². The summed E-state index contributed by atoms with van der Waals surface area (Å²) in [6.07, 6.45) is 0. The zero-order valence-electron chi connectivity index (χ0n) is 4.29. The van der Waals surface area contributed by atoms with Crippen LogP contribution >= 0.6 is 30.9 Å². The summed E-state index contributed by atoms with van der Waals surface area (Å²) in [6.45, 7) is -0.118. The van der Waals surface area contributed by atoms with Gasteiger partial charge in [0.2, 0.25) is 0 Å². The van der Waals surface area contributed by atoms with Crippen molar-refractivity contribution in [2.24, 2.45) is 0 Å². The Labute approximate surface area is 62.4 Å². The molecule has 7 heteroatoms. The molecule has 0 atom stereocenters. The third-order valence-electron chi connectivity index (χ3n) is 0.452. The van der Waals surface area contributed by atoms with Crippen LogP contribution in [-0.4, -0.2) is 21.2 Å². The van der Waals surface area contributed by atoms with Gasteiger partial charge in [-0.05, 0) is 0 Å². The van der Waals surface area contributed by atoms with E-state index in [-0.39, 0.29) is 6.54 Å². The predicted molar refractivity (Wildman–Crippen MR) is 35.5 cm³/mol. The topological polar surface area (TPSA) is 69.6 Å². The first-order valence-electron chi connectivity index (χ1n) is 2.00. The highest BCUT2D eigenvalue weighted by atomic mass is 35.5. The van der Waals surface area contributed by atoms with Gasteiger partial charge in [0.05, 0.1) is 0 Å². The fourth-order valence-electron chi connectivity index (χ4n) is 0.188. The van der Waals surface area contributed by atoms with Gasteiger partial charge in [0.25, 0.3) is 0 Å². The first-order chi connectivity index (χ1) is 3.92. The molecule has 0 rings (SSSR count). The lowest BCUT2D eigenvalue weighted by Gasteiger charge is -2.04. The molecule has 0 unspecified atom stereocenters. The molecular formula is C2H6Cl2NO3P. The largest absolute Gasteiger partial charge is 0.400 e. The van der Waals surface area contributed by atoms with Gasteiger partial charge in [0, 0.05) is 6.54 Å². The van der Waals surface area contributed by atoms with Gasteiger partial charge in [-0.25, -0.2) is 9.65 Å². The normalized spacial score (nSPS) is 12.6. The lowest BCUT2D eigenvalue weighted by molar-refractivity contribution is 0.358. The van der Waals surface area contributed by atoms with Gasteiger partial charge in [0.1, 0.15) is 4.84 Å². The molecule has 0 bridgehead atoms. The van der Waals surface area contributed by atoms with Crippen LogP contribution in [0.2, 0.25) is 0 Å². The molecule has 0 radical (unpaired) electrons. The monoisotopic (exact) mass is 193 g/mol. The first kappa shape index (κ1) is 9.69. The van der Waals surface area contributed by atoms with E-state index in [4.69, 9.17) is 33.0 Å². The molecule has 4 nitrogen and oxygen atoms in total. The highest BCUT2D eigenvalue weighted by Crippen LogP contribution is 2.28. The standard InChI is InChI=1S/C2H6Cl2NO3P/c3-2(4)1-5-9(6,7)8/h2H,1H2,(H3,5,6,7,8). The number of rotatable bonds is 3. The molecule has 0 aliphatic carbocycles. The second-order valence-electron chi connectivity index (χ2n) is 1.30. The Hall–Kier alpha value is 0.690. The van der Waals surface area contributed by atoms with E-state index >= 15 is 0 Å². The maximum Gasteiger partial charge on any atom is 0.400 e. The molecule has 0 heterocycles. The minimum absolute atomic E-state index is 0.118. The van der Waals surface area contributed by atoms with Crippen LogP contribution in [0.4, 0.5) is 0 Å². The molecule has 0 aliphatic rings. The van der Waals surface area contributed by atoms with E-state index in [1.807, 2.05) is 5.09 Å². The van der Waals surface area contributed by atoms with Crippen molar-refractivity contribution >= 4 is 30.9 Å². The Morgan fingerprint density at radius 3 is 2.11 bits per heavy atom. The van der Waals surface area contributed by atoms with Gasteiger partial charge in [0.15, 0.2) is 0 Å². The summed E-state index contributed by atoms with van der Waals surface area (Å²) in [5, 5.41) is 1.82. The lowest BCUT2D eigenvalue weighted by Crippen LogP contribution is -2.16. The van der Waals surface area contributed by atoms with Crippen molar-refractivity contribution < 1.29 is 14.4 Å². The Balaban J connectivity index is 3.40. The van der Waals surface area contributed by atoms with Crippen LogP contribution in [0, 0.1) is 0 Å². The third-order valence-corrected chi connectivity index (χ3v) is 1.35. The molecule has 0 saturated heterocycles. The van der Waals surface area contributed by atoms with Gasteiger partial charge < -0.3 is 9.79 Å². The van der Waals surface area contributed by atoms with Crippen LogP contribution in [0.15, 0.2) is 0 Å². The second-order valence-corrected chi connectivity index (χ2v) is 3.98. The second kappa shape index (κ2) is 3.76. The van der Waals surface area contributed by atoms with Crippen LogP contribution in [0.1, 0.15) is 0 Å². The van der Waals surface area contributed by atoms with Crippen molar-refractivity contribution in [3.8, 4) is 0 Å². The molecule has 0 aromatic carbocycles. The van der Waals surface area contributed by atoms with Gasteiger partial charge in [-0.2, -0.15) is 0 Å². The summed E-state index contributed by atoms with van der Waals surface area (Å²) in [5.41, 5.74) is 0. The third kappa shape index (κ3) is 8.69. The summed E-state index contributed by atoms with van der Waals surface area (Å²) >= 11 is 10.3. The molecule has 0 aliphatic heterocycles. The molecular weight excluding hydrogens is 188 g/mol. The van der Waals surface area contributed by atoms with Crippen LogP contribution < -0.4 is 5.09 Å². The summed E-state index contributed by atoms with van der Waals surface area (Å²) in [5.74, 6) is 0. The van der Waals surface area contributed by atoms with E-state index in [2.05, 4.69) is 0 Å². The number of alkyl halides is 2. The SMILES string of the molecule is O=P(O)(O)NCC(Cl)Cl. The van der Waals surface area contributed by atoms with Crippen LogP contribution in [0.5, 0.6) is 0 Å². The Bertz CT molecular complexity index is 123. The minimum atomic E-state index is -4.14. The smallest absolute Gasteiger partial charge is 0.313 e. The zero-order valence-corrected chi connectivity index (χ0v) is 6.70. The summed E-state index contributed by atoms with van der Waals surface area (Å²) in [6, 6.07) is 0. The number of hydrogen-bond donors (Lipinski definition) is 3. The van der Waals surface area contributed by atoms with Crippen molar-refractivity contribution in [3.63, 3.8) is 0 Å². The van der Waals surface area contributed by atoms with Crippen molar-refractivity contribution in [3.05, 3.63) is 0 Å². The van der Waals surface area contributed by atoms with Crippen LogP contribution in [-0.2, 0) is 4.57 Å². The molecule has 56 valence electrons. The molecule has 9 heavy (non-hydrogen) atoms. The first-order valence-corrected chi connectivity index (χ1v) is 4.49. The molecule has 0 aromatic heterocycles. The zero-order chi connectivity index (χ0) is 7.49. The highest BCUT2D eigenvalue weighted by molar-refractivity contribution is 7.49. The van der Waals surface area contributed by atoms with Gasteiger partial charge in [-0.1, -0.05) is 0 Å². The quantitative estimate of drug-likeness (QED) is 0.451. The average Bonchev–Trinajstić information content (AvgIpc) is 1.59. The summed E-state index contributed by atoms with van der Waals surface area (Å²) in [7, 11) is -4.14. The molecule has 0 aromatic rings. The predicted octanol–water partition coefficient (Wildman–Crippen LogP) is 0.472. The van der Waals surface area contributed by atoms with Crippen molar-refractivity contribution in [2.75, 3.05) is 6.54 Å².